The standard InChI is InChI=1S/C17H18N2O2/c1-18-10-11-19(16-5-3-2-4-15(16)18)12-13-6-8-14(9-7-13)17(20)21/h2-9H,10-12H2,1H3,(H,20,21). The Morgan fingerprint density at radius 2 is 1.71 bits per heavy atom. The molecule has 0 saturated heterocycles. The van der Waals surface area contributed by atoms with Gasteiger partial charge in [0.15, 0.2) is 0 Å². The summed E-state index contributed by atoms with van der Waals surface area (Å²) in [6.07, 6.45) is 0. The molecule has 2 aromatic rings. The number of nitrogens with zero attached hydrogens (tertiary/aromatic N) is 2. The maximum Gasteiger partial charge on any atom is 0.335 e. The van der Waals surface area contributed by atoms with Crippen molar-refractivity contribution >= 4 is 17.3 Å². The van der Waals surface area contributed by atoms with Crippen molar-refractivity contribution in [2.24, 2.45) is 0 Å². The molecule has 3 rings (SSSR count). The van der Waals surface area contributed by atoms with Crippen LogP contribution in [-0.4, -0.2) is 31.2 Å². The maximum absolute atomic E-state index is 10.9. The molecule has 4 heteroatoms. The van der Waals surface area contributed by atoms with Gasteiger partial charge in [0.2, 0.25) is 0 Å². The lowest BCUT2D eigenvalue weighted by atomic mass is 10.1. The minimum absolute atomic E-state index is 0.331. The van der Waals surface area contributed by atoms with Gasteiger partial charge in [0.1, 0.15) is 0 Å². The Kier molecular flexibility index (Phi) is 3.52. The number of anilines is 2. The number of carboxylic acids is 1. The van der Waals surface area contributed by atoms with Crippen LogP contribution < -0.4 is 9.80 Å². The van der Waals surface area contributed by atoms with Gasteiger partial charge in [0.05, 0.1) is 16.9 Å². The fraction of sp³-hybridized carbons (Fsp3) is 0.235. The second kappa shape index (κ2) is 5.48. The van der Waals surface area contributed by atoms with Crippen LogP contribution in [0.4, 0.5) is 11.4 Å². The maximum atomic E-state index is 10.9. The first-order valence-corrected chi connectivity index (χ1v) is 7.02. The van der Waals surface area contributed by atoms with Crippen molar-refractivity contribution in [2.45, 2.75) is 6.54 Å². The van der Waals surface area contributed by atoms with Gasteiger partial charge in [-0.05, 0) is 29.8 Å². The van der Waals surface area contributed by atoms with Crippen molar-refractivity contribution in [1.82, 2.24) is 0 Å². The Bertz CT molecular complexity index is 652. The summed E-state index contributed by atoms with van der Waals surface area (Å²) in [6.45, 7) is 2.75. The van der Waals surface area contributed by atoms with Gasteiger partial charge < -0.3 is 14.9 Å². The Balaban J connectivity index is 1.82. The topological polar surface area (TPSA) is 43.8 Å². The van der Waals surface area contributed by atoms with Gasteiger partial charge in [-0.1, -0.05) is 24.3 Å². The van der Waals surface area contributed by atoms with Crippen LogP contribution in [0.1, 0.15) is 15.9 Å². The zero-order valence-electron chi connectivity index (χ0n) is 12.0. The van der Waals surface area contributed by atoms with Crippen LogP contribution in [0.5, 0.6) is 0 Å². The normalized spacial score (nSPS) is 14.0. The molecule has 4 nitrogen and oxygen atoms in total. The Morgan fingerprint density at radius 1 is 1.05 bits per heavy atom. The molecule has 0 spiro atoms. The molecule has 0 atom stereocenters. The fourth-order valence-corrected chi connectivity index (χ4v) is 2.70. The van der Waals surface area contributed by atoms with Crippen LogP contribution in [0.2, 0.25) is 0 Å². The van der Waals surface area contributed by atoms with Crippen molar-refractivity contribution in [3.05, 3.63) is 59.7 Å². The van der Waals surface area contributed by atoms with Gasteiger partial charge in [-0.3, -0.25) is 0 Å². The van der Waals surface area contributed by atoms with Crippen molar-refractivity contribution in [2.75, 3.05) is 29.9 Å². The summed E-state index contributed by atoms with van der Waals surface area (Å²) in [5.41, 5.74) is 3.93. The molecule has 0 saturated carbocycles. The monoisotopic (exact) mass is 282 g/mol. The number of hydrogen-bond acceptors (Lipinski definition) is 3. The van der Waals surface area contributed by atoms with Gasteiger partial charge in [-0.25, -0.2) is 4.79 Å². The molecule has 1 aliphatic heterocycles. The quantitative estimate of drug-likeness (QED) is 0.940. The van der Waals surface area contributed by atoms with Crippen molar-refractivity contribution in [1.29, 1.82) is 0 Å². The molecular formula is C17H18N2O2. The van der Waals surface area contributed by atoms with E-state index < -0.39 is 5.97 Å². The van der Waals surface area contributed by atoms with E-state index in [1.54, 1.807) is 12.1 Å². The molecule has 0 amide bonds. The zero-order valence-corrected chi connectivity index (χ0v) is 12.0. The highest BCUT2D eigenvalue weighted by Gasteiger charge is 2.19. The number of fused-ring (bicyclic) bond motifs is 1. The Hall–Kier alpha value is -2.49. The van der Waals surface area contributed by atoms with Gasteiger partial charge in [-0.2, -0.15) is 0 Å². The summed E-state index contributed by atoms with van der Waals surface area (Å²) in [7, 11) is 2.11. The van der Waals surface area contributed by atoms with E-state index in [0.29, 0.717) is 5.56 Å². The largest absolute Gasteiger partial charge is 0.478 e. The zero-order chi connectivity index (χ0) is 14.8. The predicted molar refractivity (Wildman–Crippen MR) is 84.2 cm³/mol. The third-order valence-corrected chi connectivity index (χ3v) is 3.91. The first kappa shape index (κ1) is 13.5. The van der Waals surface area contributed by atoms with E-state index in [1.807, 2.05) is 12.1 Å². The van der Waals surface area contributed by atoms with Gasteiger partial charge in [0.25, 0.3) is 0 Å². The molecule has 0 unspecified atom stereocenters. The number of likely N-dealkylation sites (N-methyl/N-ethyl adjacent to an activating group) is 1. The third kappa shape index (κ3) is 2.70. The number of aromatic carboxylic acids is 1. The molecule has 108 valence electrons. The highest BCUT2D eigenvalue weighted by molar-refractivity contribution is 5.87. The lowest BCUT2D eigenvalue weighted by Gasteiger charge is -2.37. The number of hydrogen-bond donors (Lipinski definition) is 1. The first-order chi connectivity index (χ1) is 10.1. The Labute approximate surface area is 124 Å². The second-order valence-electron chi connectivity index (χ2n) is 5.33. The number of para-hydroxylation sites is 2. The summed E-state index contributed by atoms with van der Waals surface area (Å²) >= 11 is 0. The van der Waals surface area contributed by atoms with E-state index in [-0.39, 0.29) is 0 Å². The first-order valence-electron chi connectivity index (χ1n) is 7.02. The molecule has 0 radical (unpaired) electrons. The molecule has 1 heterocycles. The van der Waals surface area contributed by atoms with Crippen LogP contribution >= 0.6 is 0 Å². The summed E-state index contributed by atoms with van der Waals surface area (Å²) in [5.74, 6) is -0.883. The minimum atomic E-state index is -0.883. The number of carbonyl (C=O) groups is 1. The lowest BCUT2D eigenvalue weighted by molar-refractivity contribution is 0.0697. The average Bonchev–Trinajstić information content (AvgIpc) is 2.51. The number of benzene rings is 2. The number of carboxylic acid groups (broad SMARTS) is 1. The highest BCUT2D eigenvalue weighted by atomic mass is 16.4. The molecular weight excluding hydrogens is 264 g/mol. The van der Waals surface area contributed by atoms with Crippen LogP contribution in [0.3, 0.4) is 0 Å². The molecule has 1 N–H and O–H groups in total. The fourth-order valence-electron chi connectivity index (χ4n) is 2.70. The van der Waals surface area contributed by atoms with Crippen molar-refractivity contribution < 1.29 is 9.90 Å². The van der Waals surface area contributed by atoms with E-state index in [9.17, 15) is 4.79 Å². The van der Waals surface area contributed by atoms with E-state index >= 15 is 0 Å². The van der Waals surface area contributed by atoms with Crippen LogP contribution in [0, 0.1) is 0 Å². The van der Waals surface area contributed by atoms with E-state index in [0.717, 1.165) is 25.2 Å². The van der Waals surface area contributed by atoms with E-state index in [1.165, 1.54) is 11.4 Å². The van der Waals surface area contributed by atoms with E-state index in [4.69, 9.17) is 5.11 Å². The number of rotatable bonds is 3. The van der Waals surface area contributed by atoms with Gasteiger partial charge in [-0.15, -0.1) is 0 Å². The van der Waals surface area contributed by atoms with Crippen molar-refractivity contribution in [3.8, 4) is 0 Å². The molecule has 21 heavy (non-hydrogen) atoms. The third-order valence-electron chi connectivity index (χ3n) is 3.91. The average molecular weight is 282 g/mol. The Morgan fingerprint density at radius 3 is 2.38 bits per heavy atom. The van der Waals surface area contributed by atoms with Crippen LogP contribution in [0.25, 0.3) is 0 Å². The smallest absolute Gasteiger partial charge is 0.335 e. The van der Waals surface area contributed by atoms with Gasteiger partial charge in [0, 0.05) is 26.7 Å². The lowest BCUT2D eigenvalue weighted by Crippen LogP contribution is -2.38. The summed E-state index contributed by atoms with van der Waals surface area (Å²) < 4.78 is 0. The van der Waals surface area contributed by atoms with Crippen LogP contribution in [-0.2, 0) is 6.54 Å². The molecule has 0 aliphatic carbocycles. The highest BCUT2D eigenvalue weighted by Crippen LogP contribution is 2.32. The van der Waals surface area contributed by atoms with E-state index in [2.05, 4.69) is 41.1 Å². The molecule has 1 aliphatic rings. The van der Waals surface area contributed by atoms with Crippen molar-refractivity contribution in [3.63, 3.8) is 0 Å². The second-order valence-corrected chi connectivity index (χ2v) is 5.33. The summed E-state index contributed by atoms with van der Waals surface area (Å²) in [5, 5.41) is 8.94. The SMILES string of the molecule is CN1CCN(Cc2ccc(C(=O)O)cc2)c2ccccc21. The molecule has 0 aromatic heterocycles. The minimum Gasteiger partial charge on any atom is -0.478 e. The summed E-state index contributed by atoms with van der Waals surface area (Å²) in [6, 6.07) is 15.5. The molecule has 0 bridgehead atoms. The van der Waals surface area contributed by atoms with Gasteiger partial charge >= 0.3 is 5.97 Å². The molecule has 2 aromatic carbocycles. The summed E-state index contributed by atoms with van der Waals surface area (Å²) in [4.78, 5) is 15.5. The van der Waals surface area contributed by atoms with Crippen LogP contribution in [0.15, 0.2) is 48.5 Å². The molecule has 0 fully saturated rings. The predicted octanol–water partition coefficient (Wildman–Crippen LogP) is 2.84.